The molecular weight excluding hydrogens is 344 g/mol. The molecule has 1 unspecified atom stereocenters. The molecule has 0 aliphatic heterocycles. The molecule has 0 radical (unpaired) electrons. The molecule has 0 spiro atoms. The van der Waals surface area contributed by atoms with Gasteiger partial charge in [0.15, 0.2) is 0 Å². The van der Waals surface area contributed by atoms with Gasteiger partial charge in [-0.1, -0.05) is 56.9 Å². The third kappa shape index (κ3) is 5.53. The van der Waals surface area contributed by atoms with Crippen molar-refractivity contribution in [2.24, 2.45) is 0 Å². The number of ether oxygens (including phenoxy) is 1. The summed E-state index contributed by atoms with van der Waals surface area (Å²) in [6.45, 7) is 2.25. The van der Waals surface area contributed by atoms with Crippen LogP contribution in [0.5, 0.6) is 11.5 Å². The molecule has 0 aliphatic rings. The third-order valence-electron chi connectivity index (χ3n) is 5.08. The lowest BCUT2D eigenvalue weighted by atomic mass is 9.86. The fourth-order valence-corrected chi connectivity index (χ4v) is 3.47. The first-order valence-electron chi connectivity index (χ1n) is 10.1. The first-order valence-corrected chi connectivity index (χ1v) is 10.1. The SMILES string of the molecule is CCCCCCC(c1ccc(N)cc1)c1ccc(Oc2ccc(N)cc2)cc1. The second kappa shape index (κ2) is 9.84. The predicted octanol–water partition coefficient (Wildman–Crippen LogP) is 6.75. The van der Waals surface area contributed by atoms with Crippen molar-refractivity contribution >= 4 is 11.4 Å². The quantitative estimate of drug-likeness (QED) is 0.322. The van der Waals surface area contributed by atoms with Crippen molar-refractivity contribution in [2.75, 3.05) is 11.5 Å². The minimum absolute atomic E-state index is 0.378. The van der Waals surface area contributed by atoms with Gasteiger partial charge in [0.25, 0.3) is 0 Å². The van der Waals surface area contributed by atoms with Crippen LogP contribution >= 0.6 is 0 Å². The van der Waals surface area contributed by atoms with Crippen LogP contribution in [-0.4, -0.2) is 0 Å². The Hall–Kier alpha value is -2.94. The van der Waals surface area contributed by atoms with Gasteiger partial charge in [0, 0.05) is 17.3 Å². The molecule has 146 valence electrons. The van der Waals surface area contributed by atoms with Crippen LogP contribution in [0.25, 0.3) is 0 Å². The van der Waals surface area contributed by atoms with Gasteiger partial charge in [-0.25, -0.2) is 0 Å². The Morgan fingerprint density at radius 2 is 1.11 bits per heavy atom. The van der Waals surface area contributed by atoms with Crippen LogP contribution in [0.2, 0.25) is 0 Å². The summed E-state index contributed by atoms with van der Waals surface area (Å²) in [7, 11) is 0. The van der Waals surface area contributed by atoms with Crippen LogP contribution in [0.4, 0.5) is 11.4 Å². The van der Waals surface area contributed by atoms with E-state index in [1.165, 1.54) is 36.8 Å². The molecule has 0 heterocycles. The van der Waals surface area contributed by atoms with Crippen LogP contribution < -0.4 is 16.2 Å². The van der Waals surface area contributed by atoms with E-state index in [9.17, 15) is 0 Å². The zero-order valence-electron chi connectivity index (χ0n) is 16.6. The third-order valence-corrected chi connectivity index (χ3v) is 5.08. The van der Waals surface area contributed by atoms with E-state index in [2.05, 4.69) is 31.2 Å². The molecule has 0 fully saturated rings. The van der Waals surface area contributed by atoms with Crippen molar-refractivity contribution in [1.82, 2.24) is 0 Å². The number of hydrogen-bond donors (Lipinski definition) is 2. The molecule has 3 aromatic rings. The molecule has 0 aromatic heterocycles. The van der Waals surface area contributed by atoms with Gasteiger partial charge in [-0.3, -0.25) is 0 Å². The number of unbranched alkanes of at least 4 members (excludes halogenated alkanes) is 3. The number of rotatable bonds is 9. The Kier molecular flexibility index (Phi) is 6.96. The Morgan fingerprint density at radius 3 is 1.64 bits per heavy atom. The summed E-state index contributed by atoms with van der Waals surface area (Å²) in [5.74, 6) is 2.00. The summed E-state index contributed by atoms with van der Waals surface area (Å²) < 4.78 is 5.93. The van der Waals surface area contributed by atoms with E-state index in [-0.39, 0.29) is 0 Å². The molecular formula is C25H30N2O. The van der Waals surface area contributed by atoms with Crippen molar-refractivity contribution in [3.8, 4) is 11.5 Å². The van der Waals surface area contributed by atoms with Gasteiger partial charge >= 0.3 is 0 Å². The van der Waals surface area contributed by atoms with Crippen molar-refractivity contribution in [1.29, 1.82) is 0 Å². The van der Waals surface area contributed by atoms with Gasteiger partial charge in [-0.15, -0.1) is 0 Å². The van der Waals surface area contributed by atoms with Crippen molar-refractivity contribution in [3.05, 3.63) is 83.9 Å². The summed E-state index contributed by atoms with van der Waals surface area (Å²) in [5.41, 5.74) is 15.8. The zero-order valence-corrected chi connectivity index (χ0v) is 16.6. The Morgan fingerprint density at radius 1 is 0.643 bits per heavy atom. The molecule has 1 atom stereocenters. The lowest BCUT2D eigenvalue weighted by molar-refractivity contribution is 0.482. The summed E-state index contributed by atoms with van der Waals surface area (Å²) in [6, 6.07) is 24.2. The van der Waals surface area contributed by atoms with E-state index in [1.807, 2.05) is 48.5 Å². The highest BCUT2D eigenvalue weighted by molar-refractivity contribution is 5.45. The number of benzene rings is 3. The van der Waals surface area contributed by atoms with E-state index in [1.54, 1.807) is 0 Å². The predicted molar refractivity (Wildman–Crippen MR) is 119 cm³/mol. The molecule has 3 heteroatoms. The number of nitrogen functional groups attached to an aromatic ring is 2. The van der Waals surface area contributed by atoms with Gasteiger partial charge in [-0.2, -0.15) is 0 Å². The van der Waals surface area contributed by atoms with E-state index >= 15 is 0 Å². The largest absolute Gasteiger partial charge is 0.457 e. The molecule has 0 amide bonds. The van der Waals surface area contributed by atoms with Crippen LogP contribution in [0.15, 0.2) is 72.8 Å². The summed E-state index contributed by atoms with van der Waals surface area (Å²) in [6.07, 6.45) is 6.20. The molecule has 3 nitrogen and oxygen atoms in total. The molecule has 0 bridgehead atoms. The first kappa shape index (κ1) is 19.8. The molecule has 3 aromatic carbocycles. The van der Waals surface area contributed by atoms with Crippen molar-refractivity contribution in [3.63, 3.8) is 0 Å². The van der Waals surface area contributed by atoms with Crippen LogP contribution in [0, 0.1) is 0 Å². The summed E-state index contributed by atoms with van der Waals surface area (Å²) in [4.78, 5) is 0. The lowest BCUT2D eigenvalue weighted by Crippen LogP contribution is -2.02. The van der Waals surface area contributed by atoms with Gasteiger partial charge in [0.05, 0.1) is 0 Å². The topological polar surface area (TPSA) is 61.3 Å². The molecule has 0 saturated carbocycles. The average molecular weight is 375 g/mol. The monoisotopic (exact) mass is 374 g/mol. The molecule has 3 rings (SSSR count). The van der Waals surface area contributed by atoms with Crippen molar-refractivity contribution in [2.45, 2.75) is 44.9 Å². The Balaban J connectivity index is 1.74. The maximum atomic E-state index is 5.93. The Bertz CT molecular complexity index is 839. The van der Waals surface area contributed by atoms with E-state index in [0.717, 1.165) is 29.3 Å². The molecule has 4 N–H and O–H groups in total. The van der Waals surface area contributed by atoms with Gasteiger partial charge in [-0.05, 0) is 66.1 Å². The second-order valence-corrected chi connectivity index (χ2v) is 7.31. The van der Waals surface area contributed by atoms with Crippen LogP contribution in [0.3, 0.4) is 0 Å². The number of anilines is 2. The normalized spacial score (nSPS) is 11.9. The molecule has 0 saturated heterocycles. The minimum atomic E-state index is 0.378. The van der Waals surface area contributed by atoms with Gasteiger partial charge in [0.1, 0.15) is 11.5 Å². The minimum Gasteiger partial charge on any atom is -0.457 e. The van der Waals surface area contributed by atoms with E-state index < -0.39 is 0 Å². The zero-order chi connectivity index (χ0) is 19.8. The second-order valence-electron chi connectivity index (χ2n) is 7.31. The van der Waals surface area contributed by atoms with Crippen LogP contribution in [-0.2, 0) is 0 Å². The van der Waals surface area contributed by atoms with E-state index in [0.29, 0.717) is 5.92 Å². The summed E-state index contributed by atoms with van der Waals surface area (Å²) >= 11 is 0. The highest BCUT2D eigenvalue weighted by Gasteiger charge is 2.14. The number of hydrogen-bond acceptors (Lipinski definition) is 3. The Labute approximate surface area is 168 Å². The standard InChI is InChI=1S/C25H30N2O/c1-2-3-4-5-6-25(19-7-11-21(26)12-8-19)20-9-15-23(16-10-20)28-24-17-13-22(27)14-18-24/h7-18,25H,2-6,26-27H2,1H3. The fourth-order valence-electron chi connectivity index (χ4n) is 3.47. The smallest absolute Gasteiger partial charge is 0.127 e. The average Bonchev–Trinajstić information content (AvgIpc) is 2.72. The van der Waals surface area contributed by atoms with Crippen LogP contribution in [0.1, 0.15) is 56.1 Å². The highest BCUT2D eigenvalue weighted by Crippen LogP contribution is 2.32. The maximum Gasteiger partial charge on any atom is 0.127 e. The molecule has 0 aliphatic carbocycles. The summed E-state index contributed by atoms with van der Waals surface area (Å²) in [5, 5.41) is 0. The lowest BCUT2D eigenvalue weighted by Gasteiger charge is -2.19. The molecule has 28 heavy (non-hydrogen) atoms. The van der Waals surface area contributed by atoms with E-state index in [4.69, 9.17) is 16.2 Å². The van der Waals surface area contributed by atoms with Gasteiger partial charge in [0.2, 0.25) is 0 Å². The number of nitrogens with two attached hydrogens (primary N) is 2. The fraction of sp³-hybridized carbons (Fsp3) is 0.280. The first-order chi connectivity index (χ1) is 13.7. The van der Waals surface area contributed by atoms with Crippen molar-refractivity contribution < 1.29 is 4.74 Å². The highest BCUT2D eigenvalue weighted by atomic mass is 16.5. The maximum absolute atomic E-state index is 5.93. The van der Waals surface area contributed by atoms with Gasteiger partial charge < -0.3 is 16.2 Å².